The van der Waals surface area contributed by atoms with Gasteiger partial charge in [-0.3, -0.25) is 5.43 Å². The Bertz CT molecular complexity index is 619. The van der Waals surface area contributed by atoms with Gasteiger partial charge in [-0.25, -0.2) is 0 Å². The Labute approximate surface area is 137 Å². The second-order valence-electron chi connectivity index (χ2n) is 5.36. The molecular formula is C18H21N3S. The van der Waals surface area contributed by atoms with Crippen LogP contribution in [0, 0.1) is 0 Å². The molecule has 0 unspecified atom stereocenters. The standard InChI is InChI=1S/C18H21N3S/c1-14(2)17-10-8-16(9-11-17)13-20-21-18(22)19-12-15-6-4-3-5-7-15/h3-11,13-14H,12H2,1-2H3,(H2,19,21,22)/b20-13+. The van der Waals surface area contributed by atoms with Crippen LogP contribution in [-0.2, 0) is 6.54 Å². The lowest BCUT2D eigenvalue weighted by molar-refractivity contribution is 0.865. The zero-order chi connectivity index (χ0) is 15.8. The molecule has 0 radical (unpaired) electrons. The lowest BCUT2D eigenvalue weighted by Gasteiger charge is -2.07. The van der Waals surface area contributed by atoms with E-state index >= 15 is 0 Å². The van der Waals surface area contributed by atoms with Crippen LogP contribution in [0.25, 0.3) is 0 Å². The molecule has 0 atom stereocenters. The van der Waals surface area contributed by atoms with Gasteiger partial charge in [0.1, 0.15) is 0 Å². The predicted octanol–water partition coefficient (Wildman–Crippen LogP) is 3.81. The van der Waals surface area contributed by atoms with Gasteiger partial charge in [-0.05, 0) is 34.8 Å². The van der Waals surface area contributed by atoms with E-state index in [1.165, 1.54) is 11.1 Å². The lowest BCUT2D eigenvalue weighted by Crippen LogP contribution is -2.31. The summed E-state index contributed by atoms with van der Waals surface area (Å²) < 4.78 is 0. The molecule has 2 rings (SSSR count). The van der Waals surface area contributed by atoms with Gasteiger partial charge in [0.15, 0.2) is 5.11 Å². The lowest BCUT2D eigenvalue weighted by atomic mass is 10.0. The van der Waals surface area contributed by atoms with Gasteiger partial charge in [0.25, 0.3) is 0 Å². The maximum atomic E-state index is 5.19. The van der Waals surface area contributed by atoms with Crippen LogP contribution in [0.2, 0.25) is 0 Å². The van der Waals surface area contributed by atoms with Crippen LogP contribution in [0.15, 0.2) is 59.7 Å². The van der Waals surface area contributed by atoms with E-state index in [2.05, 4.69) is 66.1 Å². The molecule has 114 valence electrons. The summed E-state index contributed by atoms with van der Waals surface area (Å²) in [4.78, 5) is 0. The number of thiocarbonyl (C=S) groups is 1. The first-order chi connectivity index (χ1) is 10.6. The fraction of sp³-hybridized carbons (Fsp3) is 0.222. The number of rotatable bonds is 5. The van der Waals surface area contributed by atoms with E-state index in [1.807, 2.05) is 18.2 Å². The number of nitrogens with zero attached hydrogens (tertiary/aromatic N) is 1. The third-order valence-corrected chi connectivity index (χ3v) is 3.51. The molecule has 0 aromatic heterocycles. The van der Waals surface area contributed by atoms with Gasteiger partial charge in [-0.15, -0.1) is 0 Å². The molecule has 3 nitrogen and oxygen atoms in total. The van der Waals surface area contributed by atoms with E-state index in [1.54, 1.807) is 6.21 Å². The first-order valence-corrected chi connectivity index (χ1v) is 7.77. The molecule has 0 saturated carbocycles. The van der Waals surface area contributed by atoms with E-state index in [4.69, 9.17) is 12.2 Å². The Morgan fingerprint density at radius 1 is 1.09 bits per heavy atom. The number of hydrogen-bond donors (Lipinski definition) is 2. The van der Waals surface area contributed by atoms with Gasteiger partial charge in [-0.2, -0.15) is 5.10 Å². The smallest absolute Gasteiger partial charge is 0.187 e. The van der Waals surface area contributed by atoms with E-state index in [-0.39, 0.29) is 0 Å². The molecule has 0 saturated heterocycles. The predicted molar refractivity (Wildman–Crippen MR) is 97.1 cm³/mol. The summed E-state index contributed by atoms with van der Waals surface area (Å²) in [7, 11) is 0. The van der Waals surface area contributed by atoms with Crippen molar-refractivity contribution in [2.24, 2.45) is 5.10 Å². The van der Waals surface area contributed by atoms with Gasteiger partial charge in [-0.1, -0.05) is 68.4 Å². The quantitative estimate of drug-likeness (QED) is 0.501. The molecule has 2 aromatic carbocycles. The zero-order valence-corrected chi connectivity index (χ0v) is 13.7. The van der Waals surface area contributed by atoms with E-state index < -0.39 is 0 Å². The van der Waals surface area contributed by atoms with Crippen LogP contribution >= 0.6 is 12.2 Å². The molecular weight excluding hydrogens is 290 g/mol. The van der Waals surface area contributed by atoms with Crippen LogP contribution in [0.4, 0.5) is 0 Å². The van der Waals surface area contributed by atoms with Gasteiger partial charge < -0.3 is 5.32 Å². The largest absolute Gasteiger partial charge is 0.357 e. The van der Waals surface area contributed by atoms with Crippen molar-refractivity contribution in [3.05, 3.63) is 71.3 Å². The molecule has 0 fully saturated rings. The Morgan fingerprint density at radius 2 is 1.77 bits per heavy atom. The second kappa shape index (κ2) is 8.29. The summed E-state index contributed by atoms with van der Waals surface area (Å²) in [6, 6.07) is 18.5. The van der Waals surface area contributed by atoms with E-state index in [9.17, 15) is 0 Å². The second-order valence-corrected chi connectivity index (χ2v) is 5.77. The van der Waals surface area contributed by atoms with Gasteiger partial charge >= 0.3 is 0 Å². The molecule has 0 aliphatic rings. The Kier molecular flexibility index (Phi) is 6.10. The van der Waals surface area contributed by atoms with E-state index in [0.717, 1.165) is 5.56 Å². The molecule has 0 aliphatic heterocycles. The van der Waals surface area contributed by atoms with Gasteiger partial charge in [0.2, 0.25) is 0 Å². The average Bonchev–Trinajstić information content (AvgIpc) is 2.54. The molecule has 0 heterocycles. The normalized spacial score (nSPS) is 10.9. The summed E-state index contributed by atoms with van der Waals surface area (Å²) in [6.07, 6.45) is 1.76. The minimum atomic E-state index is 0.513. The monoisotopic (exact) mass is 311 g/mol. The molecule has 0 spiro atoms. The highest BCUT2D eigenvalue weighted by atomic mass is 32.1. The molecule has 0 aliphatic carbocycles. The van der Waals surface area contributed by atoms with Crippen molar-refractivity contribution in [1.82, 2.24) is 10.7 Å². The van der Waals surface area contributed by atoms with Crippen LogP contribution in [-0.4, -0.2) is 11.3 Å². The molecule has 2 aromatic rings. The third kappa shape index (κ3) is 5.30. The summed E-state index contributed by atoms with van der Waals surface area (Å²) >= 11 is 5.19. The fourth-order valence-electron chi connectivity index (χ4n) is 1.95. The maximum absolute atomic E-state index is 5.19. The van der Waals surface area contributed by atoms with Crippen LogP contribution < -0.4 is 10.7 Å². The highest BCUT2D eigenvalue weighted by Crippen LogP contribution is 2.13. The SMILES string of the molecule is CC(C)c1ccc(/C=N/NC(=S)NCc2ccccc2)cc1. The van der Waals surface area contributed by atoms with Crippen molar-refractivity contribution >= 4 is 23.5 Å². The highest BCUT2D eigenvalue weighted by molar-refractivity contribution is 7.80. The first-order valence-electron chi connectivity index (χ1n) is 7.36. The van der Waals surface area contributed by atoms with Crippen LogP contribution in [0.3, 0.4) is 0 Å². The van der Waals surface area contributed by atoms with E-state index in [0.29, 0.717) is 17.6 Å². The first kappa shape index (κ1) is 16.2. The van der Waals surface area contributed by atoms with Crippen molar-refractivity contribution in [3.63, 3.8) is 0 Å². The summed E-state index contributed by atoms with van der Waals surface area (Å²) in [5, 5.41) is 7.78. The Morgan fingerprint density at radius 3 is 2.41 bits per heavy atom. The maximum Gasteiger partial charge on any atom is 0.187 e. The molecule has 22 heavy (non-hydrogen) atoms. The third-order valence-electron chi connectivity index (χ3n) is 3.28. The molecule has 0 amide bonds. The topological polar surface area (TPSA) is 36.4 Å². The molecule has 2 N–H and O–H groups in total. The summed E-state index contributed by atoms with van der Waals surface area (Å²) in [5.74, 6) is 0.541. The fourth-order valence-corrected chi connectivity index (χ4v) is 2.08. The number of hydrogen-bond acceptors (Lipinski definition) is 2. The molecule has 0 bridgehead atoms. The number of nitrogens with one attached hydrogen (secondary N) is 2. The van der Waals surface area contributed by atoms with Gasteiger partial charge in [0.05, 0.1) is 6.21 Å². The Balaban J connectivity index is 1.78. The minimum Gasteiger partial charge on any atom is -0.357 e. The van der Waals surface area contributed by atoms with Crippen molar-refractivity contribution in [2.75, 3.05) is 0 Å². The highest BCUT2D eigenvalue weighted by Gasteiger charge is 1.98. The zero-order valence-electron chi connectivity index (χ0n) is 12.9. The number of hydrazone groups is 1. The number of benzene rings is 2. The van der Waals surface area contributed by atoms with Crippen molar-refractivity contribution in [2.45, 2.75) is 26.3 Å². The minimum absolute atomic E-state index is 0.513. The average molecular weight is 311 g/mol. The van der Waals surface area contributed by atoms with Crippen molar-refractivity contribution in [3.8, 4) is 0 Å². The summed E-state index contributed by atoms with van der Waals surface area (Å²) in [5.41, 5.74) is 6.38. The van der Waals surface area contributed by atoms with Crippen molar-refractivity contribution < 1.29 is 0 Å². The summed E-state index contributed by atoms with van der Waals surface area (Å²) in [6.45, 7) is 5.05. The van der Waals surface area contributed by atoms with Crippen LogP contribution in [0.5, 0.6) is 0 Å². The molecule has 4 heteroatoms. The van der Waals surface area contributed by atoms with Crippen LogP contribution in [0.1, 0.15) is 36.5 Å². The van der Waals surface area contributed by atoms with Crippen molar-refractivity contribution in [1.29, 1.82) is 0 Å². The Hall–Kier alpha value is -2.20. The van der Waals surface area contributed by atoms with Gasteiger partial charge in [0, 0.05) is 6.54 Å².